The maximum Gasteiger partial charge on any atom is 0.401 e. The molecule has 7 nitrogen and oxygen atoms in total. The van der Waals surface area contributed by atoms with E-state index in [0.29, 0.717) is 33.9 Å². The Morgan fingerprint density at radius 1 is 1.12 bits per heavy atom. The van der Waals surface area contributed by atoms with E-state index in [4.69, 9.17) is 4.74 Å². The molecule has 1 aliphatic rings. The number of aliphatic imine (C=N–C) groups is 1. The number of fused-ring (bicyclic) bond motifs is 2. The molecular formula is C24H20F3N5O2. The lowest BCUT2D eigenvalue weighted by Gasteiger charge is -2.26. The first-order valence-corrected chi connectivity index (χ1v) is 10.4. The predicted octanol–water partition coefficient (Wildman–Crippen LogP) is 4.27. The average molecular weight is 467 g/mol. The van der Waals surface area contributed by atoms with E-state index in [1.54, 1.807) is 49.7 Å². The Morgan fingerprint density at radius 2 is 1.91 bits per heavy atom. The molecule has 10 heteroatoms. The van der Waals surface area contributed by atoms with Gasteiger partial charge in [-0.3, -0.25) is 19.7 Å². The zero-order valence-corrected chi connectivity index (χ0v) is 18.0. The van der Waals surface area contributed by atoms with Crippen molar-refractivity contribution in [3.05, 3.63) is 76.7 Å². The summed E-state index contributed by atoms with van der Waals surface area (Å²) in [7, 11) is 1.56. The van der Waals surface area contributed by atoms with Crippen LogP contribution in [0.4, 0.5) is 19.0 Å². The minimum atomic E-state index is -4.39. The number of methoxy groups -OCH3 is 1. The number of hydrogen-bond donors (Lipinski definition) is 3. The van der Waals surface area contributed by atoms with Crippen LogP contribution in [0.1, 0.15) is 5.56 Å². The number of benzene rings is 2. The molecule has 0 fully saturated rings. The van der Waals surface area contributed by atoms with Crippen LogP contribution < -0.4 is 20.9 Å². The number of nitrogens with zero attached hydrogens (tertiary/aromatic N) is 2. The number of halogens is 3. The van der Waals surface area contributed by atoms with Crippen molar-refractivity contribution in [3.8, 4) is 22.6 Å². The molecule has 0 bridgehead atoms. The van der Waals surface area contributed by atoms with Crippen LogP contribution >= 0.6 is 0 Å². The molecule has 0 radical (unpaired) electrons. The van der Waals surface area contributed by atoms with Gasteiger partial charge in [0, 0.05) is 34.4 Å². The first-order chi connectivity index (χ1) is 16.3. The lowest BCUT2D eigenvalue weighted by molar-refractivity contribution is -0.125. The van der Waals surface area contributed by atoms with Crippen LogP contribution in [0.15, 0.2) is 70.6 Å². The maximum atomic E-state index is 13.7. The fourth-order valence-electron chi connectivity index (χ4n) is 3.92. The van der Waals surface area contributed by atoms with Gasteiger partial charge >= 0.3 is 6.18 Å². The Balaban J connectivity index is 1.65. The fourth-order valence-corrected chi connectivity index (χ4v) is 3.92. The number of ether oxygens (including phenoxy) is 1. The summed E-state index contributed by atoms with van der Waals surface area (Å²) in [5.74, 6) is 1.01. The minimum Gasteiger partial charge on any atom is -0.497 e. The fraction of sp³-hybridized carbons (Fsp3) is 0.167. The Labute approximate surface area is 191 Å². The molecule has 5 rings (SSSR count). The summed E-state index contributed by atoms with van der Waals surface area (Å²) in [6.45, 7) is -1.22. The third-order valence-corrected chi connectivity index (χ3v) is 5.56. The Hall–Kier alpha value is -4.05. The van der Waals surface area contributed by atoms with Gasteiger partial charge in [-0.1, -0.05) is 12.1 Å². The number of hydrogen-bond acceptors (Lipinski definition) is 5. The third kappa shape index (κ3) is 4.15. The molecule has 3 heterocycles. The number of alkyl halides is 3. The monoisotopic (exact) mass is 467 g/mol. The molecule has 0 saturated carbocycles. The molecule has 2 aromatic carbocycles. The summed E-state index contributed by atoms with van der Waals surface area (Å²) >= 11 is 0. The zero-order chi connectivity index (χ0) is 23.9. The van der Waals surface area contributed by atoms with Crippen LogP contribution in [0.5, 0.6) is 5.75 Å². The van der Waals surface area contributed by atoms with Crippen molar-refractivity contribution in [2.45, 2.75) is 12.5 Å². The summed E-state index contributed by atoms with van der Waals surface area (Å²) in [5, 5.41) is 6.15. The zero-order valence-electron chi connectivity index (χ0n) is 18.0. The molecule has 1 aliphatic heterocycles. The predicted molar refractivity (Wildman–Crippen MR) is 125 cm³/mol. The summed E-state index contributed by atoms with van der Waals surface area (Å²) in [6, 6.07) is 16.1. The molecule has 0 saturated heterocycles. The van der Waals surface area contributed by atoms with E-state index in [1.165, 1.54) is 10.8 Å². The highest BCUT2D eigenvalue weighted by atomic mass is 19.4. The van der Waals surface area contributed by atoms with Gasteiger partial charge < -0.3 is 15.0 Å². The minimum absolute atomic E-state index is 0.323. The third-order valence-electron chi connectivity index (χ3n) is 5.56. The van der Waals surface area contributed by atoms with Crippen molar-refractivity contribution in [2.24, 2.45) is 4.99 Å². The van der Waals surface area contributed by atoms with Gasteiger partial charge in [0.15, 0.2) is 6.29 Å². The van der Waals surface area contributed by atoms with E-state index in [-0.39, 0.29) is 5.56 Å². The largest absolute Gasteiger partial charge is 0.497 e. The number of rotatable bonds is 5. The van der Waals surface area contributed by atoms with E-state index in [0.717, 1.165) is 10.9 Å². The standard InChI is InChI=1S/C24H20F3N5O2/c1-34-18-5-2-14(3-6-18)19-11-16-12-29-23(30-13-24(25,26)27)31-21(16)32(22(19)33)17-4-7-20-15(10-17)8-9-28-20/h2-12,23,28,30-31H,13H2,1H3. The molecule has 2 aromatic heterocycles. The first kappa shape index (κ1) is 21.8. The molecule has 0 aliphatic carbocycles. The average Bonchev–Trinajstić information content (AvgIpc) is 3.30. The number of aromatic amines is 1. The molecule has 4 aromatic rings. The number of anilines is 1. The molecule has 1 atom stereocenters. The van der Waals surface area contributed by atoms with Crippen LogP contribution in [0.2, 0.25) is 0 Å². The highest BCUT2D eigenvalue weighted by Gasteiger charge is 2.29. The van der Waals surface area contributed by atoms with Crippen molar-refractivity contribution in [3.63, 3.8) is 0 Å². The van der Waals surface area contributed by atoms with Gasteiger partial charge in [-0.15, -0.1) is 0 Å². The topological polar surface area (TPSA) is 83.4 Å². The molecule has 0 spiro atoms. The normalized spacial score (nSPS) is 15.2. The summed E-state index contributed by atoms with van der Waals surface area (Å²) in [4.78, 5) is 21.0. The van der Waals surface area contributed by atoms with E-state index in [1.807, 2.05) is 18.2 Å². The number of aromatic nitrogens is 2. The van der Waals surface area contributed by atoms with Crippen molar-refractivity contribution in [1.82, 2.24) is 14.9 Å². The number of pyridine rings is 1. The van der Waals surface area contributed by atoms with Gasteiger partial charge in [-0.2, -0.15) is 13.2 Å². The van der Waals surface area contributed by atoms with Crippen LogP contribution in [0, 0.1) is 0 Å². The van der Waals surface area contributed by atoms with E-state index in [2.05, 4.69) is 20.6 Å². The second-order valence-electron chi connectivity index (χ2n) is 7.80. The van der Waals surface area contributed by atoms with Crippen LogP contribution in [-0.4, -0.2) is 41.9 Å². The van der Waals surface area contributed by atoms with Gasteiger partial charge in [-0.05, 0) is 48.0 Å². The van der Waals surface area contributed by atoms with Gasteiger partial charge in [0.05, 0.1) is 19.3 Å². The highest BCUT2D eigenvalue weighted by molar-refractivity contribution is 5.91. The van der Waals surface area contributed by atoms with Crippen LogP contribution in [0.3, 0.4) is 0 Å². The van der Waals surface area contributed by atoms with Crippen molar-refractivity contribution >= 4 is 22.9 Å². The lowest BCUT2D eigenvalue weighted by atomic mass is 10.0. The van der Waals surface area contributed by atoms with Gasteiger partial charge in [-0.25, -0.2) is 0 Å². The van der Waals surface area contributed by atoms with Gasteiger partial charge in [0.1, 0.15) is 11.6 Å². The van der Waals surface area contributed by atoms with Crippen molar-refractivity contribution in [1.29, 1.82) is 0 Å². The Bertz CT molecular complexity index is 1440. The van der Waals surface area contributed by atoms with Gasteiger partial charge in [0.25, 0.3) is 5.56 Å². The molecule has 34 heavy (non-hydrogen) atoms. The molecule has 1 unspecified atom stereocenters. The SMILES string of the molecule is COc1ccc(-c2cc3c(n(-c4ccc5[nH]ccc5c4)c2=O)NC(NCC(F)(F)F)N=C3)cc1. The van der Waals surface area contributed by atoms with E-state index >= 15 is 0 Å². The summed E-state index contributed by atoms with van der Waals surface area (Å²) in [6.07, 6.45) is -2.17. The second kappa shape index (κ2) is 8.38. The summed E-state index contributed by atoms with van der Waals surface area (Å²) in [5.41, 5.74) is 2.82. The summed E-state index contributed by atoms with van der Waals surface area (Å²) < 4.78 is 44.8. The molecular weight excluding hydrogens is 447 g/mol. The maximum absolute atomic E-state index is 13.7. The Morgan fingerprint density at radius 3 is 2.65 bits per heavy atom. The van der Waals surface area contributed by atoms with Crippen molar-refractivity contribution < 1.29 is 17.9 Å². The van der Waals surface area contributed by atoms with Gasteiger partial charge in [0.2, 0.25) is 0 Å². The molecule has 0 amide bonds. The number of nitrogens with one attached hydrogen (secondary N) is 3. The van der Waals surface area contributed by atoms with Crippen LogP contribution in [0.25, 0.3) is 27.7 Å². The lowest BCUT2D eigenvalue weighted by Crippen LogP contribution is -2.43. The van der Waals surface area contributed by atoms with E-state index < -0.39 is 19.0 Å². The van der Waals surface area contributed by atoms with Crippen LogP contribution in [-0.2, 0) is 0 Å². The molecule has 174 valence electrons. The van der Waals surface area contributed by atoms with Crippen molar-refractivity contribution in [2.75, 3.05) is 19.0 Å². The van der Waals surface area contributed by atoms with E-state index in [9.17, 15) is 18.0 Å². The second-order valence-corrected chi connectivity index (χ2v) is 7.80. The number of H-pyrrole nitrogens is 1. The molecule has 3 N–H and O–H groups in total. The first-order valence-electron chi connectivity index (χ1n) is 10.4. The Kier molecular flexibility index (Phi) is 5.37. The highest BCUT2D eigenvalue weighted by Crippen LogP contribution is 2.28. The quantitative estimate of drug-likeness (QED) is 0.409. The smallest absolute Gasteiger partial charge is 0.401 e.